The Bertz CT molecular complexity index is 1080. The van der Waals surface area contributed by atoms with E-state index in [0.717, 1.165) is 6.07 Å². The van der Waals surface area contributed by atoms with E-state index in [0.29, 0.717) is 49.3 Å². The minimum atomic E-state index is -0.672. The highest BCUT2D eigenvalue weighted by Crippen LogP contribution is 2.26. The molecule has 0 spiro atoms. The number of nitrogens with zero attached hydrogens (tertiary/aromatic N) is 2. The predicted molar refractivity (Wildman–Crippen MR) is 105 cm³/mol. The molecule has 3 heterocycles. The number of carbonyl (C=O) groups is 2. The largest absolute Gasteiger partial charge is 0.466 e. The average molecular weight is 416 g/mol. The molecule has 0 radical (unpaired) electrons. The van der Waals surface area contributed by atoms with Gasteiger partial charge in [-0.05, 0) is 25.8 Å². The summed E-state index contributed by atoms with van der Waals surface area (Å²) < 4.78 is 39.7. The number of piperidine rings is 1. The normalized spacial score (nSPS) is 15.0. The number of aromatic nitrogens is 1. The summed E-state index contributed by atoms with van der Waals surface area (Å²) in [7, 11) is 0. The molecule has 8 heteroatoms. The molecule has 1 fully saturated rings. The standard InChI is InChI=1S/C22H22F2N2O4/c1-2-29-22(28)14-5-8-25(9-6-14)21(27)19-12-20-18(7-10-30-20)26(19)13-15-3-4-16(23)11-17(15)24/h3-4,7,10-12,14H,2,5-6,8-9,13H2,1H3. The number of halogens is 2. The molecule has 0 aliphatic carbocycles. The Morgan fingerprint density at radius 3 is 2.63 bits per heavy atom. The van der Waals surface area contributed by atoms with Gasteiger partial charge in [0.1, 0.15) is 17.3 Å². The van der Waals surface area contributed by atoms with Crippen LogP contribution >= 0.6 is 0 Å². The highest BCUT2D eigenvalue weighted by atomic mass is 19.1. The number of hydrogen-bond acceptors (Lipinski definition) is 4. The molecule has 158 valence electrons. The average Bonchev–Trinajstić information content (AvgIpc) is 3.32. The molecule has 1 saturated heterocycles. The number of carbonyl (C=O) groups excluding carboxylic acids is 2. The van der Waals surface area contributed by atoms with Crippen molar-refractivity contribution in [1.82, 2.24) is 9.47 Å². The molecular weight excluding hydrogens is 394 g/mol. The second-order valence-electron chi connectivity index (χ2n) is 7.34. The van der Waals surface area contributed by atoms with Gasteiger partial charge in [0, 0.05) is 36.9 Å². The summed E-state index contributed by atoms with van der Waals surface area (Å²) in [6, 6.07) is 6.73. The van der Waals surface area contributed by atoms with E-state index in [9.17, 15) is 18.4 Å². The fourth-order valence-electron chi connectivity index (χ4n) is 3.89. The lowest BCUT2D eigenvalue weighted by Crippen LogP contribution is -2.41. The highest BCUT2D eigenvalue weighted by Gasteiger charge is 2.30. The van der Waals surface area contributed by atoms with Crippen molar-refractivity contribution in [3.8, 4) is 0 Å². The van der Waals surface area contributed by atoms with Gasteiger partial charge >= 0.3 is 5.97 Å². The van der Waals surface area contributed by atoms with Gasteiger partial charge in [0.2, 0.25) is 0 Å². The van der Waals surface area contributed by atoms with Crippen LogP contribution in [0.1, 0.15) is 35.8 Å². The maximum Gasteiger partial charge on any atom is 0.309 e. The number of furan rings is 1. The van der Waals surface area contributed by atoms with Crippen LogP contribution in [0.4, 0.5) is 8.78 Å². The van der Waals surface area contributed by atoms with Gasteiger partial charge in [0.05, 0.1) is 30.8 Å². The van der Waals surface area contributed by atoms with Crippen molar-refractivity contribution in [2.24, 2.45) is 5.92 Å². The van der Waals surface area contributed by atoms with E-state index in [-0.39, 0.29) is 29.9 Å². The van der Waals surface area contributed by atoms with Gasteiger partial charge in [-0.2, -0.15) is 0 Å². The maximum absolute atomic E-state index is 14.2. The summed E-state index contributed by atoms with van der Waals surface area (Å²) in [6.07, 6.45) is 2.57. The molecule has 1 aliphatic rings. The Labute approximate surface area is 172 Å². The number of ether oxygens (including phenoxy) is 1. The van der Waals surface area contributed by atoms with Gasteiger partial charge in [-0.3, -0.25) is 9.59 Å². The van der Waals surface area contributed by atoms with E-state index in [1.54, 1.807) is 28.5 Å². The smallest absolute Gasteiger partial charge is 0.309 e. The first-order valence-corrected chi connectivity index (χ1v) is 9.94. The predicted octanol–water partition coefficient (Wildman–Crippen LogP) is 3.98. The number of hydrogen-bond donors (Lipinski definition) is 0. The molecule has 3 aromatic rings. The molecule has 0 unspecified atom stereocenters. The summed E-state index contributed by atoms with van der Waals surface area (Å²) in [5.41, 5.74) is 1.80. The van der Waals surface area contributed by atoms with Crippen LogP contribution in [0.2, 0.25) is 0 Å². The van der Waals surface area contributed by atoms with Crippen LogP contribution in [0.3, 0.4) is 0 Å². The molecule has 4 rings (SSSR count). The Morgan fingerprint density at radius 1 is 1.17 bits per heavy atom. The van der Waals surface area contributed by atoms with E-state index in [4.69, 9.17) is 9.15 Å². The van der Waals surface area contributed by atoms with Gasteiger partial charge in [0.25, 0.3) is 5.91 Å². The van der Waals surface area contributed by atoms with Crippen LogP contribution < -0.4 is 0 Å². The summed E-state index contributed by atoms with van der Waals surface area (Å²) >= 11 is 0. The third-order valence-corrected chi connectivity index (χ3v) is 5.49. The molecule has 1 amide bonds. The monoisotopic (exact) mass is 416 g/mol. The summed E-state index contributed by atoms with van der Waals surface area (Å²) in [5.74, 6) is -1.97. The molecule has 1 aromatic carbocycles. The molecule has 0 N–H and O–H groups in total. The van der Waals surface area contributed by atoms with E-state index >= 15 is 0 Å². The Kier molecular flexibility index (Phi) is 5.57. The lowest BCUT2D eigenvalue weighted by molar-refractivity contribution is -0.149. The lowest BCUT2D eigenvalue weighted by Gasteiger charge is -2.31. The van der Waals surface area contributed by atoms with Crippen LogP contribution in [0.25, 0.3) is 11.1 Å². The quantitative estimate of drug-likeness (QED) is 0.591. The van der Waals surface area contributed by atoms with Crippen molar-refractivity contribution in [3.05, 3.63) is 59.5 Å². The van der Waals surface area contributed by atoms with Gasteiger partial charge in [-0.15, -0.1) is 0 Å². The van der Waals surface area contributed by atoms with Gasteiger partial charge < -0.3 is 18.6 Å². The van der Waals surface area contributed by atoms with Crippen molar-refractivity contribution in [3.63, 3.8) is 0 Å². The minimum Gasteiger partial charge on any atom is -0.466 e. The van der Waals surface area contributed by atoms with Crippen LogP contribution in [0, 0.1) is 17.6 Å². The van der Waals surface area contributed by atoms with Crippen LogP contribution in [-0.4, -0.2) is 41.0 Å². The van der Waals surface area contributed by atoms with Crippen molar-refractivity contribution < 1.29 is 27.5 Å². The number of likely N-dealkylation sites (tertiary alicyclic amines) is 1. The summed E-state index contributed by atoms with van der Waals surface area (Å²) in [5, 5.41) is 0. The number of amides is 1. The van der Waals surface area contributed by atoms with E-state index < -0.39 is 11.6 Å². The number of rotatable bonds is 5. The molecule has 0 bridgehead atoms. The highest BCUT2D eigenvalue weighted by molar-refractivity contribution is 5.97. The molecule has 30 heavy (non-hydrogen) atoms. The lowest BCUT2D eigenvalue weighted by atomic mass is 9.97. The number of esters is 1. The van der Waals surface area contributed by atoms with E-state index in [2.05, 4.69) is 0 Å². The first-order chi connectivity index (χ1) is 14.5. The fraction of sp³-hybridized carbons (Fsp3) is 0.364. The Balaban J connectivity index is 1.57. The van der Waals surface area contributed by atoms with Crippen LogP contribution in [-0.2, 0) is 16.1 Å². The molecule has 1 aliphatic heterocycles. The van der Waals surface area contributed by atoms with Crippen molar-refractivity contribution >= 4 is 23.0 Å². The third-order valence-electron chi connectivity index (χ3n) is 5.49. The van der Waals surface area contributed by atoms with Crippen molar-refractivity contribution in [1.29, 1.82) is 0 Å². The second kappa shape index (κ2) is 8.30. The van der Waals surface area contributed by atoms with Gasteiger partial charge in [-0.1, -0.05) is 6.07 Å². The molecule has 2 aromatic heterocycles. The van der Waals surface area contributed by atoms with Gasteiger partial charge in [0.15, 0.2) is 5.58 Å². The van der Waals surface area contributed by atoms with Crippen LogP contribution in [0.15, 0.2) is 41.0 Å². The Hall–Kier alpha value is -3.16. The van der Waals surface area contributed by atoms with Gasteiger partial charge in [-0.25, -0.2) is 8.78 Å². The Morgan fingerprint density at radius 2 is 1.93 bits per heavy atom. The summed E-state index contributed by atoms with van der Waals surface area (Å²) in [4.78, 5) is 26.8. The van der Waals surface area contributed by atoms with Crippen molar-refractivity contribution in [2.45, 2.75) is 26.3 Å². The molecule has 0 atom stereocenters. The zero-order chi connectivity index (χ0) is 21.3. The maximum atomic E-state index is 14.2. The SMILES string of the molecule is CCOC(=O)C1CCN(C(=O)c2cc3occc3n2Cc2ccc(F)cc2F)CC1. The topological polar surface area (TPSA) is 64.7 Å². The van der Waals surface area contributed by atoms with E-state index in [1.807, 2.05) is 0 Å². The van der Waals surface area contributed by atoms with E-state index in [1.165, 1.54) is 18.4 Å². The summed E-state index contributed by atoms with van der Waals surface area (Å²) in [6.45, 7) is 3.03. The second-order valence-corrected chi connectivity index (χ2v) is 7.34. The fourth-order valence-corrected chi connectivity index (χ4v) is 3.89. The number of benzene rings is 1. The van der Waals surface area contributed by atoms with Crippen LogP contribution in [0.5, 0.6) is 0 Å². The first kappa shape index (κ1) is 20.1. The molecule has 0 saturated carbocycles. The molecule has 6 nitrogen and oxygen atoms in total. The first-order valence-electron chi connectivity index (χ1n) is 9.94. The molecular formula is C22H22F2N2O4. The zero-order valence-corrected chi connectivity index (χ0v) is 16.6. The minimum absolute atomic E-state index is 0.0650. The third kappa shape index (κ3) is 3.81. The number of fused-ring (bicyclic) bond motifs is 1. The van der Waals surface area contributed by atoms with Crippen molar-refractivity contribution in [2.75, 3.05) is 19.7 Å². The zero-order valence-electron chi connectivity index (χ0n) is 16.6.